The van der Waals surface area contributed by atoms with Crippen molar-refractivity contribution in [1.29, 1.82) is 0 Å². The molecular weight excluding hydrogens is 274 g/mol. The Bertz CT molecular complexity index is 484. The van der Waals surface area contributed by atoms with Gasteiger partial charge in [0, 0.05) is 5.02 Å². The first-order chi connectivity index (χ1) is 9.30. The summed E-state index contributed by atoms with van der Waals surface area (Å²) >= 11 is 5.84. The summed E-state index contributed by atoms with van der Waals surface area (Å²) in [6.45, 7) is 7.12. The third-order valence-electron chi connectivity index (χ3n) is 3.69. The van der Waals surface area contributed by atoms with Crippen molar-refractivity contribution in [1.82, 2.24) is 5.32 Å². The summed E-state index contributed by atoms with van der Waals surface area (Å²) in [6.07, 6.45) is 1.48. The third-order valence-corrected chi connectivity index (χ3v) is 3.94. The van der Waals surface area contributed by atoms with Crippen molar-refractivity contribution in [2.75, 3.05) is 0 Å². The van der Waals surface area contributed by atoms with Gasteiger partial charge in [-0.3, -0.25) is 9.59 Å². The van der Waals surface area contributed by atoms with Crippen LogP contribution in [0.1, 0.15) is 52.0 Å². The summed E-state index contributed by atoms with van der Waals surface area (Å²) < 4.78 is 0. The molecule has 1 rings (SSSR count). The highest BCUT2D eigenvalue weighted by Crippen LogP contribution is 2.21. The molecule has 0 aliphatic carbocycles. The molecule has 3 nitrogen and oxygen atoms in total. The molecule has 0 saturated heterocycles. The Hall–Kier alpha value is -1.35. The number of Topliss-reactive ketones (excluding diaryl/α,β-unsaturated/α-hetero) is 1. The number of halogens is 1. The number of carbonyl (C=O) groups excluding carboxylic acids is 2. The monoisotopic (exact) mass is 295 g/mol. The van der Waals surface area contributed by atoms with E-state index < -0.39 is 5.54 Å². The molecule has 0 heterocycles. The Morgan fingerprint density at radius 1 is 1.30 bits per heavy atom. The molecular formula is C16H22ClNO2. The second kappa shape index (κ2) is 6.89. The summed E-state index contributed by atoms with van der Waals surface area (Å²) in [5.41, 5.74) is 0.0984. The third kappa shape index (κ3) is 4.07. The second-order valence-corrected chi connectivity index (χ2v) is 5.84. The normalized spacial score (nSPS) is 15.2. The van der Waals surface area contributed by atoms with Crippen molar-refractivity contribution in [3.63, 3.8) is 0 Å². The van der Waals surface area contributed by atoms with E-state index in [1.807, 2.05) is 26.0 Å². The topological polar surface area (TPSA) is 46.2 Å². The molecule has 0 fully saturated rings. The smallest absolute Gasteiger partial charge is 0.228 e. The Labute approximate surface area is 125 Å². The molecule has 0 aliphatic heterocycles. The van der Waals surface area contributed by atoms with Gasteiger partial charge >= 0.3 is 0 Å². The Balaban J connectivity index is 2.83. The lowest BCUT2D eigenvalue weighted by molar-refractivity contribution is -0.131. The van der Waals surface area contributed by atoms with Crippen molar-refractivity contribution in [2.24, 2.45) is 0 Å². The molecule has 0 bridgehead atoms. The molecule has 1 aromatic rings. The average Bonchev–Trinajstić information content (AvgIpc) is 2.38. The van der Waals surface area contributed by atoms with Crippen LogP contribution in [0, 0.1) is 0 Å². The maximum atomic E-state index is 12.3. The van der Waals surface area contributed by atoms with Gasteiger partial charge in [0.25, 0.3) is 0 Å². The van der Waals surface area contributed by atoms with Gasteiger partial charge in [0.15, 0.2) is 5.78 Å². The fourth-order valence-electron chi connectivity index (χ4n) is 2.11. The number of benzene rings is 1. The first-order valence-electron chi connectivity index (χ1n) is 6.88. The minimum Gasteiger partial charge on any atom is -0.343 e. The van der Waals surface area contributed by atoms with Gasteiger partial charge in [-0.15, -0.1) is 0 Å². The molecule has 0 radical (unpaired) electrons. The number of amides is 1. The zero-order valence-electron chi connectivity index (χ0n) is 12.5. The highest BCUT2D eigenvalue weighted by Gasteiger charge is 2.32. The first-order valence-corrected chi connectivity index (χ1v) is 7.26. The van der Waals surface area contributed by atoms with Crippen LogP contribution in [-0.2, 0) is 9.59 Å². The molecule has 110 valence electrons. The van der Waals surface area contributed by atoms with Gasteiger partial charge < -0.3 is 5.32 Å². The van der Waals surface area contributed by atoms with Gasteiger partial charge in [-0.2, -0.15) is 0 Å². The van der Waals surface area contributed by atoms with Crippen LogP contribution in [0.15, 0.2) is 24.3 Å². The maximum Gasteiger partial charge on any atom is 0.228 e. The minimum absolute atomic E-state index is 0.0176. The minimum atomic E-state index is -0.785. The number of ketones is 1. The highest BCUT2D eigenvalue weighted by molar-refractivity contribution is 6.30. The molecule has 20 heavy (non-hydrogen) atoms. The average molecular weight is 296 g/mol. The Morgan fingerprint density at radius 3 is 2.30 bits per heavy atom. The lowest BCUT2D eigenvalue weighted by atomic mass is 9.90. The first kappa shape index (κ1) is 16.7. The van der Waals surface area contributed by atoms with Crippen LogP contribution in [0.2, 0.25) is 5.02 Å². The van der Waals surface area contributed by atoms with E-state index in [4.69, 9.17) is 11.6 Å². The van der Waals surface area contributed by atoms with Crippen LogP contribution in [-0.4, -0.2) is 17.2 Å². The fourth-order valence-corrected chi connectivity index (χ4v) is 2.24. The van der Waals surface area contributed by atoms with Gasteiger partial charge in [0.05, 0.1) is 11.5 Å². The van der Waals surface area contributed by atoms with Gasteiger partial charge in [-0.1, -0.05) is 37.1 Å². The van der Waals surface area contributed by atoms with Crippen LogP contribution in [0.4, 0.5) is 0 Å². The predicted octanol–water partition coefficient (Wildman–Crippen LogP) is 3.71. The second-order valence-electron chi connectivity index (χ2n) is 5.40. The number of rotatable bonds is 6. The Kier molecular flexibility index (Phi) is 5.75. The summed E-state index contributed by atoms with van der Waals surface area (Å²) in [6, 6.07) is 7.18. The van der Waals surface area contributed by atoms with Crippen LogP contribution in [0.3, 0.4) is 0 Å². The zero-order chi connectivity index (χ0) is 15.3. The van der Waals surface area contributed by atoms with E-state index in [0.29, 0.717) is 11.4 Å². The van der Waals surface area contributed by atoms with Gasteiger partial charge in [-0.05, 0) is 44.9 Å². The van der Waals surface area contributed by atoms with Crippen molar-refractivity contribution in [3.8, 4) is 0 Å². The standard InChI is InChI=1S/C16H22ClNO2/c1-5-10-16(4,12(3)19)18-15(20)11(2)13-6-8-14(17)9-7-13/h6-9,11H,5,10H2,1-4H3,(H,18,20). The molecule has 0 aromatic heterocycles. The summed E-state index contributed by atoms with van der Waals surface area (Å²) in [5, 5.41) is 3.52. The molecule has 2 unspecified atom stereocenters. The van der Waals surface area contributed by atoms with Gasteiger partial charge in [0.2, 0.25) is 5.91 Å². The van der Waals surface area contributed by atoms with E-state index in [0.717, 1.165) is 12.0 Å². The van der Waals surface area contributed by atoms with Crippen molar-refractivity contribution < 1.29 is 9.59 Å². The van der Waals surface area contributed by atoms with Crippen molar-refractivity contribution in [3.05, 3.63) is 34.9 Å². The van der Waals surface area contributed by atoms with E-state index in [1.54, 1.807) is 19.1 Å². The quantitative estimate of drug-likeness (QED) is 0.869. The predicted molar refractivity (Wildman–Crippen MR) is 82.0 cm³/mol. The molecule has 1 N–H and O–H groups in total. The largest absolute Gasteiger partial charge is 0.343 e. The summed E-state index contributed by atoms with van der Waals surface area (Å²) in [7, 11) is 0. The molecule has 2 atom stereocenters. The van der Waals surface area contributed by atoms with E-state index in [-0.39, 0.29) is 17.6 Å². The molecule has 1 amide bonds. The SMILES string of the molecule is CCCC(C)(NC(=O)C(C)c1ccc(Cl)cc1)C(C)=O. The summed E-state index contributed by atoms with van der Waals surface area (Å²) in [5.74, 6) is -0.475. The van der Waals surface area contributed by atoms with Crippen LogP contribution >= 0.6 is 11.6 Å². The van der Waals surface area contributed by atoms with E-state index in [2.05, 4.69) is 5.32 Å². The van der Waals surface area contributed by atoms with E-state index in [1.165, 1.54) is 6.92 Å². The number of nitrogens with one attached hydrogen (secondary N) is 1. The summed E-state index contributed by atoms with van der Waals surface area (Å²) in [4.78, 5) is 24.1. The van der Waals surface area contributed by atoms with E-state index >= 15 is 0 Å². The van der Waals surface area contributed by atoms with Gasteiger partial charge in [-0.25, -0.2) is 0 Å². The zero-order valence-corrected chi connectivity index (χ0v) is 13.3. The van der Waals surface area contributed by atoms with Crippen LogP contribution in [0.25, 0.3) is 0 Å². The van der Waals surface area contributed by atoms with E-state index in [9.17, 15) is 9.59 Å². The Morgan fingerprint density at radius 2 is 1.85 bits per heavy atom. The molecule has 1 aromatic carbocycles. The molecule has 0 aliphatic rings. The molecule has 0 spiro atoms. The number of carbonyl (C=O) groups is 2. The molecule has 0 saturated carbocycles. The maximum absolute atomic E-state index is 12.3. The number of hydrogen-bond acceptors (Lipinski definition) is 2. The van der Waals surface area contributed by atoms with Gasteiger partial charge in [0.1, 0.15) is 0 Å². The van der Waals surface area contributed by atoms with Crippen molar-refractivity contribution in [2.45, 2.75) is 52.0 Å². The van der Waals surface area contributed by atoms with Crippen molar-refractivity contribution >= 4 is 23.3 Å². The lowest BCUT2D eigenvalue weighted by Gasteiger charge is -2.29. The fraction of sp³-hybridized carbons (Fsp3) is 0.500. The highest BCUT2D eigenvalue weighted by atomic mass is 35.5. The lowest BCUT2D eigenvalue weighted by Crippen LogP contribution is -2.52. The van der Waals surface area contributed by atoms with Crippen LogP contribution in [0.5, 0.6) is 0 Å². The number of hydrogen-bond donors (Lipinski definition) is 1. The molecule has 4 heteroatoms. The van der Waals surface area contributed by atoms with Crippen LogP contribution < -0.4 is 5.32 Å².